The number of rotatable bonds is 6. The third-order valence-corrected chi connectivity index (χ3v) is 7.48. The lowest BCUT2D eigenvalue weighted by molar-refractivity contribution is -0.137. The number of pyridine rings is 1. The lowest BCUT2D eigenvalue weighted by Crippen LogP contribution is -2.28. The molecule has 0 aliphatic heterocycles. The molecule has 2 heterocycles. The highest BCUT2D eigenvalue weighted by Gasteiger charge is 2.39. The number of furan rings is 1. The molecule has 0 bridgehead atoms. The topological polar surface area (TPSA) is 93.1 Å². The maximum atomic E-state index is 14.2. The standard InChI is InChI=1S/C26H18F4N2O4S/c1-2-37(34,35)19-8-5-7-16(10-19)18-11-23(36-15-18)21-14-32(13-17-6-3-4-9-22(17)27)25(33)20(12-31)24(21)26(28,29)30/h3-11,14-15H,2,13H2,1H3. The molecule has 0 radical (unpaired) electrons. The highest BCUT2D eigenvalue weighted by atomic mass is 32.2. The molecule has 37 heavy (non-hydrogen) atoms. The molecule has 0 aliphatic rings. The predicted molar refractivity (Wildman–Crippen MR) is 127 cm³/mol. The normalized spacial score (nSPS) is 11.9. The Labute approximate surface area is 208 Å². The van der Waals surface area contributed by atoms with Gasteiger partial charge >= 0.3 is 6.18 Å². The zero-order valence-electron chi connectivity index (χ0n) is 19.2. The number of hydrogen-bond acceptors (Lipinski definition) is 5. The van der Waals surface area contributed by atoms with Crippen LogP contribution in [-0.4, -0.2) is 18.7 Å². The Morgan fingerprint density at radius 1 is 1.05 bits per heavy atom. The first-order valence-corrected chi connectivity index (χ1v) is 12.5. The number of benzene rings is 2. The molecule has 190 valence electrons. The largest absolute Gasteiger partial charge is 0.464 e. The van der Waals surface area contributed by atoms with Crippen LogP contribution >= 0.6 is 0 Å². The van der Waals surface area contributed by atoms with Crippen molar-refractivity contribution in [3.63, 3.8) is 0 Å². The van der Waals surface area contributed by atoms with Gasteiger partial charge in [0.25, 0.3) is 5.56 Å². The minimum atomic E-state index is -5.08. The molecule has 0 fully saturated rings. The van der Waals surface area contributed by atoms with Gasteiger partial charge in [0, 0.05) is 22.9 Å². The quantitative estimate of drug-likeness (QED) is 0.301. The number of alkyl halides is 3. The van der Waals surface area contributed by atoms with Gasteiger partial charge in [-0.25, -0.2) is 12.8 Å². The average Bonchev–Trinajstić information content (AvgIpc) is 3.36. The second kappa shape index (κ2) is 9.71. The minimum absolute atomic E-state index is 0.0354. The molecule has 0 aliphatic carbocycles. The van der Waals surface area contributed by atoms with Crippen molar-refractivity contribution in [2.24, 2.45) is 0 Å². The van der Waals surface area contributed by atoms with E-state index in [1.807, 2.05) is 0 Å². The van der Waals surface area contributed by atoms with Gasteiger partial charge in [0.2, 0.25) is 0 Å². The number of halogens is 4. The number of nitrogens with zero attached hydrogens (tertiary/aromatic N) is 2. The summed E-state index contributed by atoms with van der Waals surface area (Å²) < 4.78 is 87.1. The summed E-state index contributed by atoms with van der Waals surface area (Å²) in [5.41, 5.74) is -3.77. The van der Waals surface area contributed by atoms with Crippen molar-refractivity contribution in [3.8, 4) is 28.5 Å². The van der Waals surface area contributed by atoms with Gasteiger partial charge in [0.05, 0.1) is 29.0 Å². The third-order valence-electron chi connectivity index (χ3n) is 5.74. The van der Waals surface area contributed by atoms with Crippen molar-refractivity contribution in [2.45, 2.75) is 24.5 Å². The van der Waals surface area contributed by atoms with Crippen LogP contribution < -0.4 is 5.56 Å². The molecule has 2 aromatic carbocycles. The number of aromatic nitrogens is 1. The first-order valence-electron chi connectivity index (χ1n) is 10.9. The minimum Gasteiger partial charge on any atom is -0.464 e. The lowest BCUT2D eigenvalue weighted by Gasteiger charge is -2.16. The molecule has 11 heteroatoms. The summed E-state index contributed by atoms with van der Waals surface area (Å²) in [7, 11) is -3.54. The number of nitriles is 1. The second-order valence-corrected chi connectivity index (χ2v) is 10.3. The molecule has 0 atom stereocenters. The Bertz CT molecular complexity index is 1700. The SMILES string of the molecule is CCS(=O)(=O)c1cccc(-c2coc(-c3cn(Cc4ccccc4F)c(=O)c(C#N)c3C(F)(F)F)c2)c1. The molecule has 4 rings (SSSR count). The van der Waals surface area contributed by atoms with Crippen LogP contribution in [0, 0.1) is 17.1 Å². The summed E-state index contributed by atoms with van der Waals surface area (Å²) in [5.74, 6) is -1.12. The van der Waals surface area contributed by atoms with Crippen molar-refractivity contribution < 1.29 is 30.4 Å². The van der Waals surface area contributed by atoms with Gasteiger partial charge in [-0.15, -0.1) is 0 Å². The van der Waals surface area contributed by atoms with Crippen LogP contribution in [0.1, 0.15) is 23.6 Å². The van der Waals surface area contributed by atoms with Crippen LogP contribution in [0.25, 0.3) is 22.5 Å². The molecule has 0 unspecified atom stereocenters. The van der Waals surface area contributed by atoms with Crippen LogP contribution in [-0.2, 0) is 22.6 Å². The van der Waals surface area contributed by atoms with E-state index in [0.29, 0.717) is 5.56 Å². The maximum absolute atomic E-state index is 14.2. The third kappa shape index (κ3) is 5.06. The highest BCUT2D eigenvalue weighted by Crippen LogP contribution is 2.40. The summed E-state index contributed by atoms with van der Waals surface area (Å²) in [6.45, 7) is 1.06. The summed E-state index contributed by atoms with van der Waals surface area (Å²) in [6, 6.07) is 13.9. The van der Waals surface area contributed by atoms with Crippen molar-refractivity contribution >= 4 is 9.84 Å². The summed E-state index contributed by atoms with van der Waals surface area (Å²) in [5, 5.41) is 9.47. The van der Waals surface area contributed by atoms with Gasteiger partial charge in [-0.2, -0.15) is 18.4 Å². The Morgan fingerprint density at radius 3 is 2.43 bits per heavy atom. The first kappa shape index (κ1) is 25.9. The number of sulfone groups is 1. The van der Waals surface area contributed by atoms with Gasteiger partial charge < -0.3 is 8.98 Å². The molecule has 6 nitrogen and oxygen atoms in total. The van der Waals surface area contributed by atoms with E-state index in [4.69, 9.17) is 4.42 Å². The number of hydrogen-bond donors (Lipinski definition) is 0. The van der Waals surface area contributed by atoms with E-state index in [-0.39, 0.29) is 27.5 Å². The van der Waals surface area contributed by atoms with Crippen molar-refractivity contribution in [1.82, 2.24) is 4.57 Å². The van der Waals surface area contributed by atoms with Crippen LogP contribution in [0.4, 0.5) is 17.6 Å². The predicted octanol–water partition coefficient (Wildman–Crippen LogP) is 5.65. The molecule has 0 amide bonds. The van der Waals surface area contributed by atoms with Crippen molar-refractivity contribution in [3.05, 3.63) is 99.9 Å². The van der Waals surface area contributed by atoms with E-state index >= 15 is 0 Å². The van der Waals surface area contributed by atoms with E-state index in [1.54, 1.807) is 6.07 Å². The fraction of sp³-hybridized carbons (Fsp3) is 0.154. The molecule has 4 aromatic rings. The van der Waals surface area contributed by atoms with Crippen molar-refractivity contribution in [1.29, 1.82) is 5.26 Å². The van der Waals surface area contributed by atoms with Gasteiger partial charge in [0.15, 0.2) is 9.84 Å². The average molecular weight is 530 g/mol. The van der Waals surface area contributed by atoms with Crippen LogP contribution in [0.15, 0.2) is 81.2 Å². The Morgan fingerprint density at radius 2 is 1.78 bits per heavy atom. The zero-order valence-corrected chi connectivity index (χ0v) is 20.0. The Hall–Kier alpha value is -4.17. The summed E-state index contributed by atoms with van der Waals surface area (Å²) in [6.07, 6.45) is -3.07. The smallest absolute Gasteiger partial charge is 0.418 e. The first-order chi connectivity index (χ1) is 17.5. The second-order valence-electron chi connectivity index (χ2n) is 8.06. The van der Waals surface area contributed by atoms with E-state index in [1.165, 1.54) is 55.5 Å². The lowest BCUT2D eigenvalue weighted by atomic mass is 10.0. The fourth-order valence-electron chi connectivity index (χ4n) is 3.84. The Kier molecular flexibility index (Phi) is 6.80. The van der Waals surface area contributed by atoms with E-state index in [0.717, 1.165) is 23.1 Å². The zero-order chi connectivity index (χ0) is 27.0. The van der Waals surface area contributed by atoms with Crippen LogP contribution in [0.5, 0.6) is 0 Å². The van der Waals surface area contributed by atoms with Crippen molar-refractivity contribution in [2.75, 3.05) is 5.75 Å². The monoisotopic (exact) mass is 530 g/mol. The molecular weight excluding hydrogens is 512 g/mol. The van der Waals surface area contributed by atoms with E-state index < -0.39 is 50.6 Å². The highest BCUT2D eigenvalue weighted by molar-refractivity contribution is 7.91. The maximum Gasteiger partial charge on any atom is 0.418 e. The van der Waals surface area contributed by atoms with E-state index in [9.17, 15) is 36.0 Å². The van der Waals surface area contributed by atoms with Crippen LogP contribution in [0.3, 0.4) is 0 Å². The summed E-state index contributed by atoms with van der Waals surface area (Å²) >= 11 is 0. The molecule has 0 saturated carbocycles. The molecular formula is C26H18F4N2O4S. The molecule has 0 saturated heterocycles. The van der Waals surface area contributed by atoms with Gasteiger partial charge in [-0.3, -0.25) is 4.79 Å². The van der Waals surface area contributed by atoms with E-state index in [2.05, 4.69) is 0 Å². The van der Waals surface area contributed by atoms with Gasteiger partial charge in [-0.1, -0.05) is 37.3 Å². The summed E-state index contributed by atoms with van der Waals surface area (Å²) in [4.78, 5) is 12.8. The van der Waals surface area contributed by atoms with Gasteiger partial charge in [-0.05, 0) is 29.8 Å². The molecule has 0 N–H and O–H groups in total. The van der Waals surface area contributed by atoms with Crippen LogP contribution in [0.2, 0.25) is 0 Å². The Balaban J connectivity index is 1.90. The molecule has 0 spiro atoms. The van der Waals surface area contributed by atoms with Gasteiger partial charge in [0.1, 0.15) is 23.2 Å². The molecule has 2 aromatic heterocycles. The fourth-order valence-corrected chi connectivity index (χ4v) is 4.77.